The molecule has 2 aromatic rings. The highest BCUT2D eigenvalue weighted by Gasteiger charge is 2.35. The summed E-state index contributed by atoms with van der Waals surface area (Å²) in [5, 5.41) is 0.122. The Morgan fingerprint density at radius 3 is 2.43 bits per heavy atom. The smallest absolute Gasteiger partial charge is 0.281 e. The lowest BCUT2D eigenvalue weighted by atomic mass is 10.1. The molecule has 0 bridgehead atoms. The van der Waals surface area contributed by atoms with Crippen molar-refractivity contribution in [1.29, 1.82) is 0 Å². The second-order valence-corrected chi connectivity index (χ2v) is 11.0. The van der Waals surface area contributed by atoms with Gasteiger partial charge in [0, 0.05) is 49.9 Å². The number of nitrogens with zero attached hydrogens (tertiary/aromatic N) is 4. The van der Waals surface area contributed by atoms with Gasteiger partial charge in [-0.25, -0.2) is 18.7 Å². The van der Waals surface area contributed by atoms with Crippen LogP contribution in [0.2, 0.25) is 5.15 Å². The van der Waals surface area contributed by atoms with E-state index in [0.29, 0.717) is 17.0 Å². The molecule has 30 heavy (non-hydrogen) atoms. The zero-order chi connectivity index (χ0) is 22.4. The van der Waals surface area contributed by atoms with Crippen LogP contribution in [0.4, 0.5) is 14.7 Å². The van der Waals surface area contributed by atoms with Gasteiger partial charge in [-0.15, -0.1) is 4.72 Å². The van der Waals surface area contributed by atoms with Crippen LogP contribution in [0, 0.1) is 0 Å². The Hall–Kier alpha value is -1.49. The number of hydrogen-bond donors (Lipinski definition) is 1. The first-order valence-corrected chi connectivity index (χ1v) is 11.2. The summed E-state index contributed by atoms with van der Waals surface area (Å²) in [7, 11) is 1.54. The normalized spacial score (nSPS) is 19.2. The first-order chi connectivity index (χ1) is 13.8. The van der Waals surface area contributed by atoms with Gasteiger partial charge >= 0.3 is 0 Å². The summed E-state index contributed by atoms with van der Waals surface area (Å²) in [6.45, 7) is 7.53. The Morgan fingerprint density at radius 1 is 1.27 bits per heavy atom. The molecular formula is C19H26ClF2N5O2S. The van der Waals surface area contributed by atoms with Crippen LogP contribution in [0.15, 0.2) is 10.9 Å². The fourth-order valence-electron chi connectivity index (χ4n) is 3.26. The van der Waals surface area contributed by atoms with E-state index in [1.165, 1.54) is 11.6 Å². The van der Waals surface area contributed by atoms with Gasteiger partial charge in [0.1, 0.15) is 15.4 Å². The van der Waals surface area contributed by atoms with Crippen LogP contribution in [0.1, 0.15) is 52.1 Å². The third-order valence-corrected chi connectivity index (χ3v) is 6.97. The molecule has 2 aromatic heterocycles. The summed E-state index contributed by atoms with van der Waals surface area (Å²) < 4.78 is 43.6. The van der Waals surface area contributed by atoms with Gasteiger partial charge in [-0.1, -0.05) is 11.6 Å². The molecule has 0 aliphatic carbocycles. The summed E-state index contributed by atoms with van der Waals surface area (Å²) in [5.41, 5.74) is 0.561. The largest absolute Gasteiger partial charge is 0.598 e. The van der Waals surface area contributed by atoms with E-state index < -0.39 is 33.6 Å². The van der Waals surface area contributed by atoms with Crippen molar-refractivity contribution in [3.05, 3.63) is 27.1 Å². The van der Waals surface area contributed by atoms with Crippen molar-refractivity contribution in [3.63, 3.8) is 0 Å². The van der Waals surface area contributed by atoms with Gasteiger partial charge < -0.3 is 9.45 Å². The molecule has 1 aliphatic rings. The van der Waals surface area contributed by atoms with Crippen LogP contribution in [0.5, 0.6) is 0 Å². The monoisotopic (exact) mass is 461 g/mol. The van der Waals surface area contributed by atoms with E-state index in [0.717, 1.165) is 0 Å². The molecule has 0 aromatic carbocycles. The van der Waals surface area contributed by atoms with E-state index >= 15 is 0 Å². The minimum atomic E-state index is -2.71. The number of aromatic nitrogens is 3. The van der Waals surface area contributed by atoms with Gasteiger partial charge in [0.2, 0.25) is 5.95 Å². The molecule has 1 aliphatic heterocycles. The Kier molecular flexibility index (Phi) is 6.35. The van der Waals surface area contributed by atoms with Crippen molar-refractivity contribution in [3.8, 4) is 0 Å². The van der Waals surface area contributed by atoms with Gasteiger partial charge in [-0.05, 0) is 33.8 Å². The van der Waals surface area contributed by atoms with Crippen LogP contribution in [0.3, 0.4) is 0 Å². The van der Waals surface area contributed by atoms with E-state index in [4.69, 9.17) is 11.6 Å². The van der Waals surface area contributed by atoms with E-state index in [1.807, 2.05) is 20.8 Å². The van der Waals surface area contributed by atoms with Crippen molar-refractivity contribution in [2.75, 3.05) is 18.0 Å². The number of piperidine rings is 1. The average molecular weight is 462 g/mol. The van der Waals surface area contributed by atoms with Crippen molar-refractivity contribution in [2.45, 2.75) is 57.2 Å². The zero-order valence-electron chi connectivity index (χ0n) is 17.6. The van der Waals surface area contributed by atoms with E-state index in [1.54, 1.807) is 17.9 Å². The number of rotatable bonds is 4. The molecule has 11 heteroatoms. The van der Waals surface area contributed by atoms with Crippen LogP contribution in [0.25, 0.3) is 11.0 Å². The van der Waals surface area contributed by atoms with Gasteiger partial charge in [0.15, 0.2) is 5.52 Å². The van der Waals surface area contributed by atoms with Crippen molar-refractivity contribution in [1.82, 2.24) is 19.3 Å². The maximum absolute atomic E-state index is 13.6. The van der Waals surface area contributed by atoms with Gasteiger partial charge in [-0.2, -0.15) is 0 Å². The molecular weight excluding hydrogens is 436 g/mol. The highest BCUT2D eigenvalue weighted by molar-refractivity contribution is 7.90. The quantitative estimate of drug-likeness (QED) is 0.555. The van der Waals surface area contributed by atoms with Gasteiger partial charge in [0.05, 0.1) is 6.04 Å². The first-order valence-electron chi connectivity index (χ1n) is 9.68. The van der Waals surface area contributed by atoms with E-state index in [-0.39, 0.29) is 36.6 Å². The number of alkyl halides is 2. The Balaban J connectivity index is 2.08. The molecule has 1 fully saturated rings. The third kappa shape index (κ3) is 4.71. The van der Waals surface area contributed by atoms with E-state index in [2.05, 4.69) is 14.7 Å². The molecule has 3 heterocycles. The number of anilines is 1. The van der Waals surface area contributed by atoms with Gasteiger partial charge in [0.25, 0.3) is 11.5 Å². The number of halogens is 3. The second-order valence-electron chi connectivity index (χ2n) is 8.57. The summed E-state index contributed by atoms with van der Waals surface area (Å²) in [6, 6.07) is 1.15. The Bertz CT molecular complexity index is 1000. The lowest BCUT2D eigenvalue weighted by Gasteiger charge is -2.33. The highest BCUT2D eigenvalue weighted by atomic mass is 35.5. The molecule has 0 radical (unpaired) electrons. The first kappa shape index (κ1) is 23.2. The van der Waals surface area contributed by atoms with Crippen LogP contribution in [-0.4, -0.2) is 42.8 Å². The fourth-order valence-corrected chi connectivity index (χ4v) is 4.27. The predicted octanol–water partition coefficient (Wildman–Crippen LogP) is 3.33. The number of fused-ring (bicyclic) bond motifs is 1. The average Bonchev–Trinajstić information content (AvgIpc) is 2.64. The maximum atomic E-state index is 13.6. The Morgan fingerprint density at radius 2 is 1.87 bits per heavy atom. The van der Waals surface area contributed by atoms with Crippen LogP contribution < -0.4 is 15.2 Å². The molecule has 7 nitrogen and oxygen atoms in total. The lowest BCUT2D eigenvalue weighted by molar-refractivity contribution is -0.0223. The third-order valence-electron chi connectivity index (χ3n) is 5.09. The lowest BCUT2D eigenvalue weighted by Crippen LogP contribution is -2.42. The molecule has 1 unspecified atom stereocenters. The standard InChI is InChI=1S/C19H26ClF2N5O2S/c1-11(25-30(29)18(2,3)4)12-10-13(20)23-15-14(12)24-17(26(5)16(15)28)27-8-6-19(21,22)7-9-27/h10-11,25H,6-9H2,1-5H3/t11?,30-/m1/s1. The maximum Gasteiger partial charge on any atom is 0.281 e. The fraction of sp³-hybridized carbons (Fsp3) is 0.632. The van der Waals surface area contributed by atoms with Gasteiger partial charge in [-0.3, -0.25) is 9.36 Å². The SMILES string of the molecule is CC(N[S@+]([O-])C(C)(C)C)c1cc(Cl)nc2c(=O)n(C)c(N3CCC(F)(F)CC3)nc12. The molecule has 1 saturated heterocycles. The zero-order valence-corrected chi connectivity index (χ0v) is 19.2. The van der Waals surface area contributed by atoms with Crippen molar-refractivity contribution >= 4 is 39.9 Å². The molecule has 2 atom stereocenters. The molecule has 0 saturated carbocycles. The summed E-state index contributed by atoms with van der Waals surface area (Å²) in [4.78, 5) is 23.4. The van der Waals surface area contributed by atoms with Crippen LogP contribution in [-0.2, 0) is 18.4 Å². The number of nitrogens with one attached hydrogen (secondary N) is 1. The molecule has 0 amide bonds. The van der Waals surface area contributed by atoms with Crippen molar-refractivity contribution in [2.24, 2.45) is 7.05 Å². The van der Waals surface area contributed by atoms with Crippen molar-refractivity contribution < 1.29 is 13.3 Å². The minimum absolute atomic E-state index is 0.0845. The van der Waals surface area contributed by atoms with E-state index in [9.17, 15) is 18.1 Å². The number of hydrogen-bond acceptors (Lipinski definition) is 6. The molecule has 1 N–H and O–H groups in total. The highest BCUT2D eigenvalue weighted by Crippen LogP contribution is 2.31. The summed E-state index contributed by atoms with van der Waals surface area (Å²) >= 11 is 4.79. The Labute approximate surface area is 182 Å². The van der Waals surface area contributed by atoms with Crippen LogP contribution >= 0.6 is 11.6 Å². The molecule has 166 valence electrons. The summed E-state index contributed by atoms with van der Waals surface area (Å²) in [5.74, 6) is -2.40. The predicted molar refractivity (Wildman–Crippen MR) is 116 cm³/mol. The summed E-state index contributed by atoms with van der Waals surface area (Å²) in [6.07, 6.45) is -0.593. The molecule has 3 rings (SSSR count). The minimum Gasteiger partial charge on any atom is -0.598 e. The second kappa shape index (κ2) is 8.22. The molecule has 0 spiro atoms. The topological polar surface area (TPSA) is 86.1 Å². The number of pyridine rings is 1.